The molecule has 214 valence electrons. The molecule has 3 atom stereocenters. The summed E-state index contributed by atoms with van der Waals surface area (Å²) in [7, 11) is -4.39. The Hall–Kier alpha value is -0.960. The van der Waals surface area contributed by atoms with Crippen molar-refractivity contribution >= 4 is 16.0 Å². The number of carbonyl (C=O) groups is 1. The number of hydrogen-bond acceptors (Lipinski definition) is 5. The SMILES string of the molecule is CCCCCCCC/C=C\CCCCC(O)C(=O)NC(CS(=O)(=O)O)C(O)CCCCCCCCC. The molecule has 0 radical (unpaired) electrons. The number of amides is 1. The Kier molecular flexibility index (Phi) is 22.6. The van der Waals surface area contributed by atoms with E-state index in [0.717, 1.165) is 38.5 Å². The number of allylic oxidation sites excluding steroid dienone is 2. The summed E-state index contributed by atoms with van der Waals surface area (Å²) in [6.45, 7) is 4.38. The van der Waals surface area contributed by atoms with E-state index < -0.39 is 40.0 Å². The van der Waals surface area contributed by atoms with Gasteiger partial charge in [0, 0.05) is 0 Å². The predicted molar refractivity (Wildman–Crippen MR) is 149 cm³/mol. The normalized spacial score (nSPS) is 14.7. The minimum absolute atomic E-state index is 0.267. The molecule has 0 bridgehead atoms. The Bertz CT molecular complexity index is 652. The fourth-order valence-electron chi connectivity index (χ4n) is 4.28. The van der Waals surface area contributed by atoms with Gasteiger partial charge < -0.3 is 15.5 Å². The van der Waals surface area contributed by atoms with Gasteiger partial charge >= 0.3 is 0 Å². The molecule has 0 aromatic heterocycles. The van der Waals surface area contributed by atoms with Crippen molar-refractivity contribution in [3.63, 3.8) is 0 Å². The van der Waals surface area contributed by atoms with E-state index in [0.29, 0.717) is 19.3 Å². The molecule has 0 saturated heterocycles. The highest BCUT2D eigenvalue weighted by Gasteiger charge is 2.28. The second-order valence-electron chi connectivity index (χ2n) is 10.2. The first-order chi connectivity index (χ1) is 17.2. The molecule has 0 rings (SSSR count). The largest absolute Gasteiger partial charge is 0.391 e. The van der Waals surface area contributed by atoms with Gasteiger partial charge in [0.25, 0.3) is 10.1 Å². The van der Waals surface area contributed by atoms with E-state index in [1.54, 1.807) is 0 Å². The van der Waals surface area contributed by atoms with Crippen molar-refractivity contribution in [3.8, 4) is 0 Å². The van der Waals surface area contributed by atoms with Crippen LogP contribution in [0.25, 0.3) is 0 Å². The van der Waals surface area contributed by atoms with Gasteiger partial charge in [0.1, 0.15) is 6.10 Å². The van der Waals surface area contributed by atoms with Gasteiger partial charge in [-0.2, -0.15) is 8.42 Å². The van der Waals surface area contributed by atoms with Crippen LogP contribution in [0.4, 0.5) is 0 Å². The molecular weight excluding hydrogens is 478 g/mol. The third-order valence-corrected chi connectivity index (χ3v) is 7.36. The van der Waals surface area contributed by atoms with Crippen molar-refractivity contribution in [1.29, 1.82) is 0 Å². The van der Waals surface area contributed by atoms with E-state index >= 15 is 0 Å². The van der Waals surface area contributed by atoms with Gasteiger partial charge in [-0.3, -0.25) is 9.35 Å². The van der Waals surface area contributed by atoms with E-state index in [-0.39, 0.29) is 6.42 Å². The predicted octanol–water partition coefficient (Wildman–Crippen LogP) is 6.09. The minimum atomic E-state index is -4.39. The molecule has 0 aliphatic heterocycles. The van der Waals surface area contributed by atoms with Crippen LogP contribution < -0.4 is 5.32 Å². The summed E-state index contributed by atoms with van der Waals surface area (Å²) in [4.78, 5) is 12.4. The van der Waals surface area contributed by atoms with Crippen LogP contribution in [0, 0.1) is 0 Å². The molecule has 8 heteroatoms. The van der Waals surface area contributed by atoms with Gasteiger partial charge in [0.2, 0.25) is 5.91 Å². The summed E-state index contributed by atoms with van der Waals surface area (Å²) in [6, 6.07) is -1.15. The second-order valence-corrected chi connectivity index (χ2v) is 11.7. The molecule has 36 heavy (non-hydrogen) atoms. The van der Waals surface area contributed by atoms with Crippen molar-refractivity contribution < 1.29 is 28.0 Å². The number of aliphatic hydroxyl groups excluding tert-OH is 2. The van der Waals surface area contributed by atoms with Gasteiger partial charge in [-0.1, -0.05) is 109 Å². The third kappa shape index (κ3) is 22.3. The van der Waals surface area contributed by atoms with Crippen LogP contribution in [0.3, 0.4) is 0 Å². The zero-order valence-electron chi connectivity index (χ0n) is 23.0. The molecular formula is C28H55NO6S. The molecule has 7 nitrogen and oxygen atoms in total. The fraction of sp³-hybridized carbons (Fsp3) is 0.893. The van der Waals surface area contributed by atoms with Crippen molar-refractivity contribution in [1.82, 2.24) is 5.32 Å². The lowest BCUT2D eigenvalue weighted by Crippen LogP contribution is -2.50. The van der Waals surface area contributed by atoms with Crippen LogP contribution in [-0.4, -0.2) is 53.1 Å². The highest BCUT2D eigenvalue weighted by atomic mass is 32.2. The maximum atomic E-state index is 12.4. The van der Waals surface area contributed by atoms with Crippen LogP contribution in [0.1, 0.15) is 136 Å². The molecule has 4 N–H and O–H groups in total. The standard InChI is InChI=1S/C28H55NO6S/c1-3-5-7-9-11-12-13-14-15-17-19-21-23-27(31)28(32)29-25(24-36(33,34)35)26(30)22-20-18-16-10-8-6-4-2/h14-15,25-27,30-31H,3-13,16-24H2,1-2H3,(H,29,32)(H,33,34,35)/b15-14-. The number of aliphatic hydroxyl groups is 2. The topological polar surface area (TPSA) is 124 Å². The fourth-order valence-corrected chi connectivity index (χ4v) is 5.04. The molecule has 0 fully saturated rings. The van der Waals surface area contributed by atoms with Gasteiger partial charge in [0.05, 0.1) is 17.9 Å². The highest BCUT2D eigenvalue weighted by molar-refractivity contribution is 7.85. The van der Waals surface area contributed by atoms with E-state index in [2.05, 4.69) is 31.3 Å². The quantitative estimate of drug-likeness (QED) is 0.0640. The van der Waals surface area contributed by atoms with Crippen molar-refractivity contribution in [3.05, 3.63) is 12.2 Å². The molecule has 0 spiro atoms. The van der Waals surface area contributed by atoms with Gasteiger partial charge in [-0.05, 0) is 38.5 Å². The van der Waals surface area contributed by atoms with Crippen LogP contribution in [0.15, 0.2) is 12.2 Å². The van der Waals surface area contributed by atoms with E-state index in [1.165, 1.54) is 57.8 Å². The first kappa shape index (κ1) is 35.0. The second kappa shape index (κ2) is 23.2. The Morgan fingerprint density at radius 2 is 1.17 bits per heavy atom. The number of rotatable bonds is 25. The third-order valence-electron chi connectivity index (χ3n) is 6.58. The van der Waals surface area contributed by atoms with Gasteiger partial charge in [-0.25, -0.2) is 0 Å². The molecule has 0 aliphatic rings. The Morgan fingerprint density at radius 1 is 0.722 bits per heavy atom. The van der Waals surface area contributed by atoms with Crippen LogP contribution >= 0.6 is 0 Å². The number of carbonyl (C=O) groups excluding carboxylic acids is 1. The Balaban J connectivity index is 4.23. The summed E-state index contributed by atoms with van der Waals surface area (Å²) >= 11 is 0. The summed E-state index contributed by atoms with van der Waals surface area (Å²) < 4.78 is 32.0. The Labute approximate surface area is 221 Å². The molecule has 0 aromatic carbocycles. The van der Waals surface area contributed by atoms with Crippen molar-refractivity contribution in [2.24, 2.45) is 0 Å². The van der Waals surface area contributed by atoms with Crippen molar-refractivity contribution in [2.45, 2.75) is 154 Å². The molecule has 0 saturated carbocycles. The lowest BCUT2D eigenvalue weighted by molar-refractivity contribution is -0.131. The van der Waals surface area contributed by atoms with E-state index in [9.17, 15) is 28.0 Å². The summed E-state index contributed by atoms with van der Waals surface area (Å²) in [6.07, 6.45) is 21.2. The maximum absolute atomic E-state index is 12.4. The average Bonchev–Trinajstić information content (AvgIpc) is 2.82. The first-order valence-corrected chi connectivity index (χ1v) is 16.1. The monoisotopic (exact) mass is 533 g/mol. The van der Waals surface area contributed by atoms with Crippen molar-refractivity contribution in [2.75, 3.05) is 5.75 Å². The lowest BCUT2D eigenvalue weighted by atomic mass is 10.0. The Morgan fingerprint density at radius 3 is 1.69 bits per heavy atom. The summed E-state index contributed by atoms with van der Waals surface area (Å²) in [5, 5.41) is 23.1. The van der Waals surface area contributed by atoms with Crippen LogP contribution in [0.5, 0.6) is 0 Å². The summed E-state index contributed by atoms with van der Waals surface area (Å²) in [5.74, 6) is -1.48. The van der Waals surface area contributed by atoms with Gasteiger partial charge in [0.15, 0.2) is 0 Å². The lowest BCUT2D eigenvalue weighted by Gasteiger charge is -2.24. The average molecular weight is 534 g/mol. The van der Waals surface area contributed by atoms with E-state index in [4.69, 9.17) is 0 Å². The van der Waals surface area contributed by atoms with Crippen LogP contribution in [-0.2, 0) is 14.9 Å². The smallest absolute Gasteiger partial charge is 0.266 e. The number of hydrogen-bond donors (Lipinski definition) is 4. The molecule has 0 heterocycles. The molecule has 1 amide bonds. The highest BCUT2D eigenvalue weighted by Crippen LogP contribution is 2.13. The zero-order valence-corrected chi connectivity index (χ0v) is 23.8. The molecule has 0 aliphatic carbocycles. The van der Waals surface area contributed by atoms with E-state index in [1.807, 2.05) is 0 Å². The summed E-state index contributed by atoms with van der Waals surface area (Å²) in [5.41, 5.74) is 0. The van der Waals surface area contributed by atoms with Crippen LogP contribution in [0.2, 0.25) is 0 Å². The number of nitrogens with one attached hydrogen (secondary N) is 1. The minimum Gasteiger partial charge on any atom is -0.391 e. The molecule has 3 unspecified atom stereocenters. The zero-order chi connectivity index (χ0) is 27.1. The molecule has 0 aromatic rings. The van der Waals surface area contributed by atoms with Gasteiger partial charge in [-0.15, -0.1) is 0 Å². The maximum Gasteiger partial charge on any atom is 0.266 e. The number of unbranched alkanes of at least 4 members (excludes halogenated alkanes) is 14. The first-order valence-electron chi connectivity index (χ1n) is 14.5.